The molecule has 1 heterocycles. The Balaban J connectivity index is 1.98. The first kappa shape index (κ1) is 13.7. The van der Waals surface area contributed by atoms with Crippen LogP contribution in [0.25, 0.3) is 0 Å². The number of halogens is 1. The lowest BCUT2D eigenvalue weighted by Gasteiger charge is -2.18. The van der Waals surface area contributed by atoms with E-state index in [-0.39, 0.29) is 6.10 Å². The Hall–Kier alpha value is -0.770. The maximum Gasteiger partial charge on any atom is 0.120 e. The summed E-state index contributed by atoms with van der Waals surface area (Å²) in [4.78, 5) is 2.34. The second kappa shape index (κ2) is 5.91. The summed E-state index contributed by atoms with van der Waals surface area (Å²) in [5.41, 5.74) is 1.11. The fourth-order valence-corrected chi connectivity index (χ4v) is 2.65. The van der Waals surface area contributed by atoms with Crippen molar-refractivity contribution in [2.24, 2.45) is 5.92 Å². The minimum absolute atomic E-state index is 0.221. The molecule has 0 bridgehead atoms. The van der Waals surface area contributed by atoms with Crippen molar-refractivity contribution >= 4 is 11.6 Å². The molecule has 18 heavy (non-hydrogen) atoms. The predicted octanol–water partition coefficient (Wildman–Crippen LogP) is 2.55. The van der Waals surface area contributed by atoms with E-state index in [1.165, 1.54) is 0 Å². The van der Waals surface area contributed by atoms with Crippen molar-refractivity contribution in [1.29, 1.82) is 0 Å². The molecule has 1 fully saturated rings. The fraction of sp³-hybridized carbons (Fsp3) is 0.571. The molecule has 1 aromatic carbocycles. The lowest BCUT2D eigenvalue weighted by molar-refractivity contribution is 0.127. The van der Waals surface area contributed by atoms with E-state index in [1.807, 2.05) is 25.1 Å². The smallest absolute Gasteiger partial charge is 0.120 e. The summed E-state index contributed by atoms with van der Waals surface area (Å²) >= 11 is 6.23. The van der Waals surface area contributed by atoms with Gasteiger partial charge in [0.2, 0.25) is 0 Å². The largest absolute Gasteiger partial charge is 0.497 e. The highest BCUT2D eigenvalue weighted by atomic mass is 35.5. The molecule has 3 nitrogen and oxygen atoms in total. The Bertz CT molecular complexity index is 409. The number of ether oxygens (including phenoxy) is 1. The van der Waals surface area contributed by atoms with Gasteiger partial charge in [-0.25, -0.2) is 0 Å². The van der Waals surface area contributed by atoms with Crippen LogP contribution in [-0.2, 0) is 6.54 Å². The summed E-state index contributed by atoms with van der Waals surface area (Å²) in [6, 6.07) is 5.79. The highest BCUT2D eigenvalue weighted by molar-refractivity contribution is 6.31. The fourth-order valence-electron chi connectivity index (χ4n) is 2.42. The Kier molecular flexibility index (Phi) is 4.49. The van der Waals surface area contributed by atoms with Crippen molar-refractivity contribution in [2.45, 2.75) is 26.0 Å². The highest BCUT2D eigenvalue weighted by Crippen LogP contribution is 2.26. The van der Waals surface area contributed by atoms with Gasteiger partial charge in [0.1, 0.15) is 5.75 Å². The summed E-state index contributed by atoms with van der Waals surface area (Å²) < 4.78 is 5.14. The van der Waals surface area contributed by atoms with E-state index in [0.29, 0.717) is 5.92 Å². The number of nitrogens with zero attached hydrogens (tertiary/aromatic N) is 1. The molecule has 0 amide bonds. The van der Waals surface area contributed by atoms with Crippen LogP contribution in [-0.4, -0.2) is 36.3 Å². The molecule has 1 N–H and O–H groups in total. The predicted molar refractivity (Wildman–Crippen MR) is 73.1 cm³/mol. The SMILES string of the molecule is COc1ccc(CN2CCC(C(C)O)C2)c(Cl)c1. The van der Waals surface area contributed by atoms with Gasteiger partial charge in [-0.2, -0.15) is 0 Å². The molecule has 1 aromatic rings. The van der Waals surface area contributed by atoms with Gasteiger partial charge in [0, 0.05) is 18.1 Å². The lowest BCUT2D eigenvalue weighted by atomic mass is 10.0. The van der Waals surface area contributed by atoms with Gasteiger partial charge >= 0.3 is 0 Å². The molecule has 1 aliphatic heterocycles. The summed E-state index contributed by atoms with van der Waals surface area (Å²) in [7, 11) is 1.64. The van der Waals surface area contributed by atoms with Gasteiger partial charge in [-0.05, 0) is 43.5 Å². The van der Waals surface area contributed by atoms with Gasteiger partial charge < -0.3 is 9.84 Å². The van der Waals surface area contributed by atoms with Crippen LogP contribution < -0.4 is 4.74 Å². The molecule has 2 rings (SSSR count). The second-order valence-corrected chi connectivity index (χ2v) is 5.39. The van der Waals surface area contributed by atoms with E-state index >= 15 is 0 Å². The second-order valence-electron chi connectivity index (χ2n) is 4.98. The van der Waals surface area contributed by atoms with Gasteiger partial charge in [-0.1, -0.05) is 17.7 Å². The first-order chi connectivity index (χ1) is 8.60. The van der Waals surface area contributed by atoms with Crippen molar-refractivity contribution in [2.75, 3.05) is 20.2 Å². The number of aliphatic hydroxyl groups is 1. The minimum atomic E-state index is -0.221. The molecule has 1 saturated heterocycles. The number of rotatable bonds is 4. The maximum atomic E-state index is 9.59. The number of benzene rings is 1. The van der Waals surface area contributed by atoms with Crippen LogP contribution in [0.2, 0.25) is 5.02 Å². The van der Waals surface area contributed by atoms with Crippen LogP contribution in [0.4, 0.5) is 0 Å². The van der Waals surface area contributed by atoms with E-state index < -0.39 is 0 Å². The average Bonchev–Trinajstić information content (AvgIpc) is 2.80. The van der Waals surface area contributed by atoms with Crippen LogP contribution in [0.15, 0.2) is 18.2 Å². The number of aliphatic hydroxyl groups excluding tert-OH is 1. The van der Waals surface area contributed by atoms with Gasteiger partial charge in [0.15, 0.2) is 0 Å². The molecule has 4 heteroatoms. The van der Waals surface area contributed by atoms with E-state index in [4.69, 9.17) is 16.3 Å². The molecule has 1 aliphatic rings. The topological polar surface area (TPSA) is 32.7 Å². The van der Waals surface area contributed by atoms with Crippen molar-refractivity contribution in [1.82, 2.24) is 4.90 Å². The molecule has 0 saturated carbocycles. The standard InChI is InChI=1S/C14H20ClNO2/c1-10(17)11-5-6-16(8-11)9-12-3-4-13(18-2)7-14(12)15/h3-4,7,10-11,17H,5-6,8-9H2,1-2H3. The molecule has 0 radical (unpaired) electrons. The number of methoxy groups -OCH3 is 1. The summed E-state index contributed by atoms with van der Waals surface area (Å²) in [6.07, 6.45) is 0.840. The Morgan fingerprint density at radius 3 is 2.89 bits per heavy atom. The third-order valence-corrected chi connectivity index (χ3v) is 4.00. The molecule has 0 spiro atoms. The summed E-state index contributed by atoms with van der Waals surface area (Å²) in [5, 5.41) is 10.3. The number of hydrogen-bond donors (Lipinski definition) is 1. The van der Waals surface area contributed by atoms with Crippen LogP contribution in [0.5, 0.6) is 5.75 Å². The van der Waals surface area contributed by atoms with E-state index in [2.05, 4.69) is 4.90 Å². The van der Waals surface area contributed by atoms with Gasteiger partial charge in [-0.15, -0.1) is 0 Å². The maximum absolute atomic E-state index is 9.59. The first-order valence-corrected chi connectivity index (χ1v) is 6.70. The average molecular weight is 270 g/mol. The third kappa shape index (κ3) is 3.16. The zero-order valence-corrected chi connectivity index (χ0v) is 11.7. The Labute approximate surface area is 113 Å². The van der Waals surface area contributed by atoms with Crippen molar-refractivity contribution < 1.29 is 9.84 Å². The highest BCUT2D eigenvalue weighted by Gasteiger charge is 2.26. The summed E-state index contributed by atoms with van der Waals surface area (Å²) in [5.74, 6) is 1.18. The van der Waals surface area contributed by atoms with Crippen LogP contribution in [0.3, 0.4) is 0 Å². The monoisotopic (exact) mass is 269 g/mol. The Morgan fingerprint density at radius 1 is 1.56 bits per heavy atom. The normalized spacial score (nSPS) is 22.1. The molecule has 2 atom stereocenters. The molecule has 0 aliphatic carbocycles. The van der Waals surface area contributed by atoms with Gasteiger partial charge in [0.25, 0.3) is 0 Å². The van der Waals surface area contributed by atoms with Gasteiger partial charge in [-0.3, -0.25) is 4.90 Å². The third-order valence-electron chi connectivity index (χ3n) is 3.65. The Morgan fingerprint density at radius 2 is 2.33 bits per heavy atom. The van der Waals surface area contributed by atoms with Crippen LogP contribution >= 0.6 is 11.6 Å². The minimum Gasteiger partial charge on any atom is -0.497 e. The van der Waals surface area contributed by atoms with Crippen molar-refractivity contribution in [3.05, 3.63) is 28.8 Å². The molecular formula is C14H20ClNO2. The molecule has 0 aromatic heterocycles. The van der Waals surface area contributed by atoms with Gasteiger partial charge in [0.05, 0.1) is 13.2 Å². The van der Waals surface area contributed by atoms with Crippen LogP contribution in [0, 0.1) is 5.92 Å². The summed E-state index contributed by atoms with van der Waals surface area (Å²) in [6.45, 7) is 4.68. The molecular weight excluding hydrogens is 250 g/mol. The zero-order valence-electron chi connectivity index (χ0n) is 10.9. The zero-order chi connectivity index (χ0) is 13.1. The van der Waals surface area contributed by atoms with Crippen LogP contribution in [0.1, 0.15) is 18.9 Å². The van der Waals surface area contributed by atoms with Crippen molar-refractivity contribution in [3.8, 4) is 5.75 Å². The van der Waals surface area contributed by atoms with E-state index in [0.717, 1.165) is 42.4 Å². The number of hydrogen-bond acceptors (Lipinski definition) is 3. The molecule has 100 valence electrons. The first-order valence-electron chi connectivity index (χ1n) is 6.33. The van der Waals surface area contributed by atoms with Crippen molar-refractivity contribution in [3.63, 3.8) is 0 Å². The number of likely N-dealkylation sites (tertiary alicyclic amines) is 1. The molecule has 2 unspecified atom stereocenters. The lowest BCUT2D eigenvalue weighted by Crippen LogP contribution is -2.24. The van der Waals surface area contributed by atoms with E-state index in [9.17, 15) is 5.11 Å². The quantitative estimate of drug-likeness (QED) is 0.912. The van der Waals surface area contributed by atoms with E-state index in [1.54, 1.807) is 7.11 Å².